The lowest BCUT2D eigenvalue weighted by molar-refractivity contribution is 1.14. The summed E-state index contributed by atoms with van der Waals surface area (Å²) in [6.07, 6.45) is 1.31. The Kier molecular flexibility index (Phi) is 24.8. The number of rotatable bonds is 1. The van der Waals surface area contributed by atoms with Gasteiger partial charge in [-0.1, -0.05) is 13.8 Å². The maximum Gasteiger partial charge on any atom is 0.0797 e. The molecule has 0 bridgehead atoms. The Morgan fingerprint density at radius 3 is 2.00 bits per heavy atom. The molecule has 0 rings (SSSR count). The fraction of sp³-hybridized carbons (Fsp3) is 0.800. The molecule has 0 heterocycles. The van der Waals surface area contributed by atoms with Crippen molar-refractivity contribution in [3.05, 3.63) is 0 Å². The molecule has 44 valence electrons. The van der Waals surface area contributed by atoms with Crippen molar-refractivity contribution in [2.45, 2.75) is 20.8 Å². The number of nitrogens with zero attached hydrogens (tertiary/aromatic N) is 1. The molecule has 0 aromatic heterocycles. The zero-order chi connectivity index (χ0) is 6.12. The first-order chi connectivity index (χ1) is 3.41. The first-order valence-electron chi connectivity index (χ1n) is 2.61. The summed E-state index contributed by atoms with van der Waals surface area (Å²) >= 11 is 0. The lowest BCUT2D eigenvalue weighted by Gasteiger charge is -1.68. The Balaban J connectivity index is 0. The third kappa shape index (κ3) is 30.5. The van der Waals surface area contributed by atoms with Gasteiger partial charge in [0, 0.05) is 6.54 Å². The summed E-state index contributed by atoms with van der Waals surface area (Å²) in [5.41, 5.74) is 4.85. The quantitative estimate of drug-likeness (QED) is 0.389. The normalized spacial score (nSPS) is 7.86. The maximum absolute atomic E-state index is 4.85. The first-order valence-corrected chi connectivity index (χ1v) is 2.61. The van der Waals surface area contributed by atoms with Crippen molar-refractivity contribution >= 4 is 6.34 Å². The molecule has 0 aliphatic rings. The second-order valence-corrected chi connectivity index (χ2v) is 0.648. The highest BCUT2D eigenvalue weighted by molar-refractivity contribution is 5.50. The predicted molar refractivity (Wildman–Crippen MR) is 34.6 cm³/mol. The van der Waals surface area contributed by atoms with Gasteiger partial charge in [0.2, 0.25) is 0 Å². The van der Waals surface area contributed by atoms with Gasteiger partial charge in [-0.2, -0.15) is 0 Å². The van der Waals surface area contributed by atoms with Gasteiger partial charge in [0.05, 0.1) is 6.34 Å². The molecule has 0 aliphatic heterocycles. The third-order valence-electron chi connectivity index (χ3n) is 0.288. The van der Waals surface area contributed by atoms with Gasteiger partial charge in [0.15, 0.2) is 0 Å². The van der Waals surface area contributed by atoms with Crippen LogP contribution in [0.15, 0.2) is 4.99 Å². The van der Waals surface area contributed by atoms with Crippen LogP contribution in [-0.4, -0.2) is 12.9 Å². The van der Waals surface area contributed by atoms with E-state index in [-0.39, 0.29) is 0 Å². The lowest BCUT2D eigenvalue weighted by Crippen LogP contribution is -1.87. The molecule has 0 fully saturated rings. The molecule has 0 aromatic rings. The van der Waals surface area contributed by atoms with Crippen LogP contribution in [0, 0.1) is 0 Å². The van der Waals surface area contributed by atoms with Crippen LogP contribution in [0.3, 0.4) is 0 Å². The summed E-state index contributed by atoms with van der Waals surface area (Å²) in [5, 5.41) is 0. The zero-order valence-electron chi connectivity index (χ0n) is 5.31. The van der Waals surface area contributed by atoms with E-state index >= 15 is 0 Å². The number of hydrogen-bond acceptors (Lipinski definition) is 1. The van der Waals surface area contributed by atoms with E-state index < -0.39 is 0 Å². The molecule has 2 nitrogen and oxygen atoms in total. The lowest BCUT2D eigenvalue weighted by atomic mass is 10.8. The first kappa shape index (κ1) is 9.69. The summed E-state index contributed by atoms with van der Waals surface area (Å²) < 4.78 is 0. The monoisotopic (exact) mass is 102 g/mol. The summed E-state index contributed by atoms with van der Waals surface area (Å²) in [6, 6.07) is 0. The standard InChI is InChI=1S/C3H8N2.C2H6/c1-2-5-3-4;1-2/h3H,2H2,1H3,(H2,4,5);1-2H3. The van der Waals surface area contributed by atoms with Crippen LogP contribution < -0.4 is 5.73 Å². The molecule has 0 aromatic carbocycles. The van der Waals surface area contributed by atoms with Gasteiger partial charge < -0.3 is 5.73 Å². The number of nitrogens with two attached hydrogens (primary N) is 1. The Bertz CT molecular complexity index is 33.1. The highest BCUT2D eigenvalue weighted by Crippen LogP contribution is 1.53. The van der Waals surface area contributed by atoms with Gasteiger partial charge in [0.25, 0.3) is 0 Å². The van der Waals surface area contributed by atoms with Crippen molar-refractivity contribution in [3.8, 4) is 0 Å². The molecule has 0 atom stereocenters. The molecular formula is C5H14N2. The van der Waals surface area contributed by atoms with E-state index in [0.29, 0.717) is 0 Å². The van der Waals surface area contributed by atoms with Gasteiger partial charge in [-0.3, -0.25) is 4.99 Å². The summed E-state index contributed by atoms with van der Waals surface area (Å²) in [5.74, 6) is 0. The summed E-state index contributed by atoms with van der Waals surface area (Å²) in [6.45, 7) is 6.72. The van der Waals surface area contributed by atoms with Crippen molar-refractivity contribution in [1.82, 2.24) is 0 Å². The molecule has 2 heteroatoms. The summed E-state index contributed by atoms with van der Waals surface area (Å²) in [7, 11) is 0. The van der Waals surface area contributed by atoms with Crippen LogP contribution >= 0.6 is 0 Å². The zero-order valence-corrected chi connectivity index (χ0v) is 5.31. The van der Waals surface area contributed by atoms with Gasteiger partial charge in [-0.15, -0.1) is 0 Å². The van der Waals surface area contributed by atoms with Crippen molar-refractivity contribution < 1.29 is 0 Å². The SMILES string of the molecule is CC.CCN=CN. The van der Waals surface area contributed by atoms with Crippen molar-refractivity contribution in [3.63, 3.8) is 0 Å². The smallest absolute Gasteiger partial charge is 0.0797 e. The third-order valence-corrected chi connectivity index (χ3v) is 0.288. The molecule has 0 unspecified atom stereocenters. The molecule has 0 amide bonds. The van der Waals surface area contributed by atoms with Gasteiger partial charge in [0.1, 0.15) is 0 Å². The molecule has 0 aliphatic carbocycles. The minimum atomic E-state index is 0.788. The average molecular weight is 102 g/mol. The van der Waals surface area contributed by atoms with E-state index in [2.05, 4.69) is 4.99 Å². The van der Waals surface area contributed by atoms with Crippen molar-refractivity contribution in [2.75, 3.05) is 6.54 Å². The molecule has 7 heavy (non-hydrogen) atoms. The van der Waals surface area contributed by atoms with Crippen LogP contribution in [0.25, 0.3) is 0 Å². The van der Waals surface area contributed by atoms with Crippen LogP contribution in [0.5, 0.6) is 0 Å². The Morgan fingerprint density at radius 2 is 2.00 bits per heavy atom. The topological polar surface area (TPSA) is 38.4 Å². The molecule has 0 saturated carbocycles. The minimum absolute atomic E-state index is 0.788. The van der Waals surface area contributed by atoms with Crippen LogP contribution in [0.1, 0.15) is 20.8 Å². The summed E-state index contributed by atoms with van der Waals surface area (Å²) in [4.78, 5) is 3.62. The number of hydrogen-bond donors (Lipinski definition) is 1. The molecular weight excluding hydrogens is 88.1 g/mol. The van der Waals surface area contributed by atoms with Crippen LogP contribution in [-0.2, 0) is 0 Å². The van der Waals surface area contributed by atoms with Crippen molar-refractivity contribution in [1.29, 1.82) is 0 Å². The van der Waals surface area contributed by atoms with Gasteiger partial charge in [-0.05, 0) is 6.92 Å². The second-order valence-electron chi connectivity index (χ2n) is 0.648. The fourth-order valence-corrected chi connectivity index (χ4v) is 0.105. The predicted octanol–water partition coefficient (Wildman–Crippen LogP) is 1.02. The van der Waals surface area contributed by atoms with E-state index in [4.69, 9.17) is 5.73 Å². The van der Waals surface area contributed by atoms with E-state index in [1.54, 1.807) is 0 Å². The second kappa shape index (κ2) is 17.9. The van der Waals surface area contributed by atoms with Crippen molar-refractivity contribution in [2.24, 2.45) is 10.7 Å². The highest BCUT2D eigenvalue weighted by Gasteiger charge is 1.50. The largest absolute Gasteiger partial charge is 0.390 e. The van der Waals surface area contributed by atoms with E-state index in [9.17, 15) is 0 Å². The van der Waals surface area contributed by atoms with Gasteiger partial charge >= 0.3 is 0 Å². The Hall–Kier alpha value is -0.530. The Labute approximate surface area is 45.4 Å². The molecule has 0 spiro atoms. The van der Waals surface area contributed by atoms with E-state index in [0.717, 1.165) is 6.54 Å². The van der Waals surface area contributed by atoms with Crippen LogP contribution in [0.2, 0.25) is 0 Å². The molecule has 0 saturated heterocycles. The fourth-order valence-electron chi connectivity index (χ4n) is 0.105. The van der Waals surface area contributed by atoms with Gasteiger partial charge in [-0.25, -0.2) is 0 Å². The average Bonchev–Trinajstić information content (AvgIpc) is 1.75. The highest BCUT2D eigenvalue weighted by atomic mass is 14.8. The molecule has 2 N–H and O–H groups in total. The molecule has 0 radical (unpaired) electrons. The van der Waals surface area contributed by atoms with E-state index in [1.165, 1.54) is 6.34 Å². The maximum atomic E-state index is 4.85. The Morgan fingerprint density at radius 1 is 1.57 bits per heavy atom. The number of aliphatic imine (C=N–C) groups is 1. The van der Waals surface area contributed by atoms with Crippen LogP contribution in [0.4, 0.5) is 0 Å². The van der Waals surface area contributed by atoms with E-state index in [1.807, 2.05) is 20.8 Å². The minimum Gasteiger partial charge on any atom is -0.390 e.